The third kappa shape index (κ3) is 2.55. The molecule has 1 aromatic carbocycles. The molecule has 3 heterocycles. The average molecular weight is 303 g/mol. The third-order valence-electron chi connectivity index (χ3n) is 4.04. The van der Waals surface area contributed by atoms with Gasteiger partial charge in [-0.3, -0.25) is 9.38 Å². The number of hydrogen-bond donors (Lipinski definition) is 1. The lowest BCUT2D eigenvalue weighted by molar-refractivity contribution is 0.542. The van der Waals surface area contributed by atoms with Gasteiger partial charge in [0, 0.05) is 24.3 Å². The zero-order valence-electron chi connectivity index (χ0n) is 12.8. The van der Waals surface area contributed by atoms with Gasteiger partial charge in [0.25, 0.3) is 0 Å². The van der Waals surface area contributed by atoms with Gasteiger partial charge in [-0.25, -0.2) is 0 Å². The van der Waals surface area contributed by atoms with Gasteiger partial charge in [0.1, 0.15) is 0 Å². The van der Waals surface area contributed by atoms with Crippen LogP contribution in [-0.4, -0.2) is 19.6 Å². The highest BCUT2D eigenvalue weighted by Gasteiger charge is 2.13. The lowest BCUT2D eigenvalue weighted by atomic mass is 10.1. The normalized spacial score (nSPS) is 12.7. The van der Waals surface area contributed by atoms with Crippen molar-refractivity contribution >= 4 is 16.6 Å². The highest BCUT2D eigenvalue weighted by molar-refractivity contribution is 5.81. The molecule has 4 rings (SSSR count). The third-order valence-corrected chi connectivity index (χ3v) is 4.04. The molecular formula is C18H17N5. The molecule has 0 bridgehead atoms. The fourth-order valence-electron chi connectivity index (χ4n) is 2.82. The highest BCUT2D eigenvalue weighted by Crippen LogP contribution is 2.17. The quantitative estimate of drug-likeness (QED) is 0.629. The predicted octanol–water partition coefficient (Wildman–Crippen LogP) is 3.13. The second-order valence-corrected chi connectivity index (χ2v) is 5.58. The summed E-state index contributed by atoms with van der Waals surface area (Å²) in [6.45, 7) is 2.83. The van der Waals surface area contributed by atoms with Gasteiger partial charge in [0.15, 0.2) is 11.5 Å². The summed E-state index contributed by atoms with van der Waals surface area (Å²) in [5, 5.41) is 13.2. The topological polar surface area (TPSA) is 55.1 Å². The number of pyridine rings is 2. The van der Waals surface area contributed by atoms with Crippen LogP contribution in [0.2, 0.25) is 0 Å². The SMILES string of the molecule is CC(NCc1cccc2cccnc12)c1nnc2ccccn12. The van der Waals surface area contributed by atoms with Gasteiger partial charge >= 0.3 is 0 Å². The van der Waals surface area contributed by atoms with Gasteiger partial charge < -0.3 is 5.32 Å². The van der Waals surface area contributed by atoms with Crippen molar-refractivity contribution in [2.24, 2.45) is 0 Å². The Balaban J connectivity index is 1.58. The number of aromatic nitrogens is 4. The Kier molecular flexibility index (Phi) is 3.48. The van der Waals surface area contributed by atoms with E-state index < -0.39 is 0 Å². The molecule has 5 nitrogen and oxygen atoms in total. The van der Waals surface area contributed by atoms with Crippen molar-refractivity contribution in [3.63, 3.8) is 0 Å². The number of benzene rings is 1. The molecule has 4 aromatic rings. The lowest BCUT2D eigenvalue weighted by Crippen LogP contribution is -2.20. The molecule has 0 radical (unpaired) electrons. The fourth-order valence-corrected chi connectivity index (χ4v) is 2.82. The van der Waals surface area contributed by atoms with Crippen LogP contribution in [0.1, 0.15) is 24.4 Å². The second-order valence-electron chi connectivity index (χ2n) is 5.58. The Morgan fingerprint density at radius 1 is 1.04 bits per heavy atom. The van der Waals surface area contributed by atoms with E-state index in [2.05, 4.69) is 51.7 Å². The van der Waals surface area contributed by atoms with Crippen LogP contribution < -0.4 is 5.32 Å². The molecule has 0 spiro atoms. The van der Waals surface area contributed by atoms with Crippen LogP contribution in [0.3, 0.4) is 0 Å². The fraction of sp³-hybridized carbons (Fsp3) is 0.167. The largest absolute Gasteiger partial charge is 0.303 e. The number of rotatable bonds is 4. The van der Waals surface area contributed by atoms with Crippen LogP contribution in [0.25, 0.3) is 16.6 Å². The molecule has 0 saturated heterocycles. The molecule has 1 atom stereocenters. The summed E-state index contributed by atoms with van der Waals surface area (Å²) >= 11 is 0. The van der Waals surface area contributed by atoms with Gasteiger partial charge in [-0.1, -0.05) is 30.3 Å². The van der Waals surface area contributed by atoms with Gasteiger partial charge in [-0.05, 0) is 30.7 Å². The summed E-state index contributed by atoms with van der Waals surface area (Å²) in [6, 6.07) is 16.3. The van der Waals surface area contributed by atoms with Crippen molar-refractivity contribution in [2.45, 2.75) is 19.5 Å². The maximum Gasteiger partial charge on any atom is 0.160 e. The van der Waals surface area contributed by atoms with Crippen molar-refractivity contribution in [1.82, 2.24) is 24.9 Å². The van der Waals surface area contributed by atoms with Crippen LogP contribution in [0.5, 0.6) is 0 Å². The van der Waals surface area contributed by atoms with Crippen molar-refractivity contribution in [2.75, 3.05) is 0 Å². The molecule has 1 N–H and O–H groups in total. The van der Waals surface area contributed by atoms with Crippen molar-refractivity contribution < 1.29 is 0 Å². The Hall–Kier alpha value is -2.79. The van der Waals surface area contributed by atoms with E-state index in [9.17, 15) is 0 Å². The van der Waals surface area contributed by atoms with Crippen molar-refractivity contribution in [1.29, 1.82) is 0 Å². The number of hydrogen-bond acceptors (Lipinski definition) is 4. The first kappa shape index (κ1) is 13.8. The molecule has 0 saturated carbocycles. The Morgan fingerprint density at radius 2 is 1.96 bits per heavy atom. The summed E-state index contributed by atoms with van der Waals surface area (Å²) in [6.07, 6.45) is 3.82. The molecule has 0 aliphatic carbocycles. The van der Waals surface area contributed by atoms with Crippen LogP contribution in [-0.2, 0) is 6.54 Å². The molecule has 0 fully saturated rings. The van der Waals surface area contributed by atoms with Gasteiger partial charge in [-0.15, -0.1) is 10.2 Å². The predicted molar refractivity (Wildman–Crippen MR) is 90.0 cm³/mol. The monoisotopic (exact) mass is 303 g/mol. The summed E-state index contributed by atoms with van der Waals surface area (Å²) in [7, 11) is 0. The van der Waals surface area contributed by atoms with E-state index in [1.54, 1.807) is 0 Å². The first-order valence-electron chi connectivity index (χ1n) is 7.68. The minimum absolute atomic E-state index is 0.0892. The summed E-state index contributed by atoms with van der Waals surface area (Å²) in [4.78, 5) is 4.50. The van der Waals surface area contributed by atoms with E-state index in [1.165, 1.54) is 5.56 Å². The molecule has 5 heteroatoms. The van der Waals surface area contributed by atoms with Crippen LogP contribution in [0.15, 0.2) is 60.9 Å². The molecule has 0 aliphatic heterocycles. The zero-order valence-corrected chi connectivity index (χ0v) is 12.8. The minimum atomic E-state index is 0.0892. The lowest BCUT2D eigenvalue weighted by Gasteiger charge is -2.13. The highest BCUT2D eigenvalue weighted by atomic mass is 15.3. The van der Waals surface area contributed by atoms with Crippen molar-refractivity contribution in [3.05, 3.63) is 72.3 Å². The zero-order chi connectivity index (χ0) is 15.6. The van der Waals surface area contributed by atoms with Crippen molar-refractivity contribution in [3.8, 4) is 0 Å². The van der Waals surface area contributed by atoms with E-state index in [0.717, 1.165) is 28.9 Å². The number of para-hydroxylation sites is 1. The Morgan fingerprint density at radius 3 is 2.91 bits per heavy atom. The molecule has 3 aromatic heterocycles. The van der Waals surface area contributed by atoms with Gasteiger partial charge in [0.2, 0.25) is 0 Å². The van der Waals surface area contributed by atoms with E-state index in [4.69, 9.17) is 0 Å². The number of fused-ring (bicyclic) bond motifs is 2. The van der Waals surface area contributed by atoms with E-state index in [1.807, 2.05) is 41.1 Å². The molecule has 114 valence electrons. The average Bonchev–Trinajstić information content (AvgIpc) is 3.04. The molecule has 23 heavy (non-hydrogen) atoms. The van der Waals surface area contributed by atoms with Crippen LogP contribution in [0, 0.1) is 0 Å². The molecule has 1 unspecified atom stereocenters. The molecule has 0 aliphatic rings. The Labute approximate surface area is 134 Å². The standard InChI is InChI=1S/C18H17N5/c1-13(18-22-21-16-9-2-3-11-23(16)18)20-12-15-7-4-6-14-8-5-10-19-17(14)15/h2-11,13,20H,12H2,1H3. The van der Waals surface area contributed by atoms with Gasteiger partial charge in [0.05, 0.1) is 11.6 Å². The number of nitrogens with one attached hydrogen (secondary N) is 1. The molecule has 0 amide bonds. The van der Waals surface area contributed by atoms with E-state index in [-0.39, 0.29) is 6.04 Å². The summed E-state index contributed by atoms with van der Waals surface area (Å²) < 4.78 is 2.01. The van der Waals surface area contributed by atoms with Crippen LogP contribution in [0.4, 0.5) is 0 Å². The van der Waals surface area contributed by atoms with Crippen LogP contribution >= 0.6 is 0 Å². The smallest absolute Gasteiger partial charge is 0.160 e. The van der Waals surface area contributed by atoms with E-state index >= 15 is 0 Å². The number of nitrogens with zero attached hydrogens (tertiary/aromatic N) is 4. The molecular weight excluding hydrogens is 286 g/mol. The summed E-state index contributed by atoms with van der Waals surface area (Å²) in [5.41, 5.74) is 3.09. The Bertz CT molecular complexity index is 954. The first-order valence-corrected chi connectivity index (χ1v) is 7.68. The second kappa shape index (κ2) is 5.78. The van der Waals surface area contributed by atoms with E-state index in [0.29, 0.717) is 0 Å². The maximum absolute atomic E-state index is 4.50. The summed E-state index contributed by atoms with van der Waals surface area (Å²) in [5.74, 6) is 0.911. The first-order chi connectivity index (χ1) is 11.3. The maximum atomic E-state index is 4.50. The van der Waals surface area contributed by atoms with Gasteiger partial charge in [-0.2, -0.15) is 0 Å². The minimum Gasteiger partial charge on any atom is -0.303 e.